The maximum absolute atomic E-state index is 12.0. The molecule has 8 nitrogen and oxygen atoms in total. The Morgan fingerprint density at radius 3 is 2.71 bits per heavy atom. The summed E-state index contributed by atoms with van der Waals surface area (Å²) in [5.74, 6) is -0.197. The van der Waals surface area contributed by atoms with E-state index in [1.54, 1.807) is 16.7 Å². The molecule has 132 valence electrons. The Labute approximate surface area is 145 Å². The van der Waals surface area contributed by atoms with Crippen LogP contribution in [0.5, 0.6) is 0 Å². The zero-order chi connectivity index (χ0) is 17.0. The van der Waals surface area contributed by atoms with Crippen LogP contribution in [-0.4, -0.2) is 47.8 Å². The molecule has 2 rings (SSSR count). The van der Waals surface area contributed by atoms with E-state index in [4.69, 9.17) is 0 Å². The molecular weight excluding hydrogens is 336 g/mol. The Morgan fingerprint density at radius 1 is 1.38 bits per heavy atom. The van der Waals surface area contributed by atoms with Crippen LogP contribution < -0.4 is 16.0 Å². The number of rotatable bonds is 6. The molecule has 1 atom stereocenters. The summed E-state index contributed by atoms with van der Waals surface area (Å²) in [5, 5.41) is 22.2. The Hall–Kier alpha value is -1.97. The third kappa shape index (κ3) is 4.76. The molecule has 0 aliphatic rings. The van der Waals surface area contributed by atoms with Gasteiger partial charge in [0, 0.05) is 31.4 Å². The average Bonchev–Trinajstić information content (AvgIpc) is 2.49. The predicted octanol–water partition coefficient (Wildman–Crippen LogP) is -0.495. The molecule has 1 unspecified atom stereocenters. The highest BCUT2D eigenvalue weighted by Gasteiger charge is 2.13. The number of likely N-dealkylation sites (N-methyl/N-ethyl adjacent to an activating group) is 1. The summed E-state index contributed by atoms with van der Waals surface area (Å²) in [6.07, 6.45) is 1.50. The van der Waals surface area contributed by atoms with Gasteiger partial charge in [-0.2, -0.15) is 5.23 Å². The van der Waals surface area contributed by atoms with E-state index in [0.29, 0.717) is 12.1 Å². The van der Waals surface area contributed by atoms with Gasteiger partial charge in [-0.1, -0.05) is 6.07 Å². The zero-order valence-electron chi connectivity index (χ0n) is 13.5. The van der Waals surface area contributed by atoms with Gasteiger partial charge in [0.25, 0.3) is 0 Å². The maximum atomic E-state index is 12.0. The van der Waals surface area contributed by atoms with E-state index in [2.05, 4.69) is 5.32 Å². The van der Waals surface area contributed by atoms with Crippen LogP contribution in [0.1, 0.15) is 0 Å². The van der Waals surface area contributed by atoms with Crippen molar-refractivity contribution < 1.29 is 15.2 Å². The van der Waals surface area contributed by atoms with Gasteiger partial charge in [-0.3, -0.25) is 9.59 Å². The number of hydrogen-bond donors (Lipinski definition) is 3. The summed E-state index contributed by atoms with van der Waals surface area (Å²) in [7, 11) is 3.82. The van der Waals surface area contributed by atoms with Crippen LogP contribution in [0.3, 0.4) is 0 Å². The van der Waals surface area contributed by atoms with Crippen LogP contribution in [0.4, 0.5) is 5.69 Å². The SMILES string of the molecule is CN(C)CCNC(=O)Cn1ccc(=O)c2c([NH+]([O-])O)cccc21.Cl. The number of carbonyl (C=O) groups excluding carboxylic acids is 1. The molecule has 0 spiro atoms. The van der Waals surface area contributed by atoms with E-state index >= 15 is 0 Å². The Bertz CT molecular complexity index is 761. The topological polar surface area (TPSA) is 102 Å². The number of halogens is 1. The van der Waals surface area contributed by atoms with Crippen LogP contribution in [0.2, 0.25) is 0 Å². The van der Waals surface area contributed by atoms with Crippen LogP contribution in [0.15, 0.2) is 35.3 Å². The number of hydrogen-bond acceptors (Lipinski definition) is 5. The average molecular weight is 357 g/mol. The molecule has 0 radical (unpaired) electrons. The lowest BCUT2D eigenvalue weighted by Gasteiger charge is -2.16. The number of amides is 1. The third-order valence-electron chi connectivity index (χ3n) is 3.43. The summed E-state index contributed by atoms with van der Waals surface area (Å²) in [5.41, 5.74) is -0.00251. The standard InChI is InChI=1S/C15H20N4O4.ClH/c1-17(2)9-7-16-14(21)10-18-8-6-13(20)15-11(18)4-3-5-12(15)19(22)23;/h3-6,8,19,22H,7,9-10H2,1-2H3,(H,16,21);1H. The summed E-state index contributed by atoms with van der Waals surface area (Å²) >= 11 is 0. The van der Waals surface area contributed by atoms with Gasteiger partial charge in [0.1, 0.15) is 11.9 Å². The summed E-state index contributed by atoms with van der Waals surface area (Å²) in [4.78, 5) is 26.0. The van der Waals surface area contributed by atoms with E-state index in [0.717, 1.165) is 6.54 Å². The van der Waals surface area contributed by atoms with Gasteiger partial charge in [-0.25, -0.2) is 5.21 Å². The quantitative estimate of drug-likeness (QED) is 0.606. The first-order chi connectivity index (χ1) is 10.9. The largest absolute Gasteiger partial charge is 0.595 e. The Morgan fingerprint density at radius 2 is 2.08 bits per heavy atom. The molecule has 0 saturated heterocycles. The summed E-state index contributed by atoms with van der Waals surface area (Å²) in [6, 6.07) is 5.86. The van der Waals surface area contributed by atoms with Crippen molar-refractivity contribution in [2.45, 2.75) is 6.54 Å². The molecule has 0 fully saturated rings. The lowest BCUT2D eigenvalue weighted by atomic mass is 10.1. The molecule has 1 aromatic heterocycles. The summed E-state index contributed by atoms with van der Waals surface area (Å²) < 4.78 is 1.58. The van der Waals surface area contributed by atoms with Crippen LogP contribution in [0.25, 0.3) is 10.9 Å². The number of fused-ring (bicyclic) bond motifs is 1. The van der Waals surface area contributed by atoms with Crippen LogP contribution >= 0.6 is 12.4 Å². The zero-order valence-corrected chi connectivity index (χ0v) is 14.3. The second-order valence-electron chi connectivity index (χ2n) is 5.47. The maximum Gasteiger partial charge on any atom is 0.239 e. The van der Waals surface area contributed by atoms with Gasteiger partial charge < -0.3 is 20.0 Å². The molecule has 2 aromatic rings. The minimum absolute atomic E-state index is 0. The highest BCUT2D eigenvalue weighted by molar-refractivity contribution is 5.89. The molecule has 0 aliphatic carbocycles. The van der Waals surface area contributed by atoms with Crippen molar-refractivity contribution in [1.82, 2.24) is 14.8 Å². The smallest absolute Gasteiger partial charge is 0.239 e. The second-order valence-corrected chi connectivity index (χ2v) is 5.47. The van der Waals surface area contributed by atoms with Gasteiger partial charge in [0.2, 0.25) is 5.91 Å². The van der Waals surface area contributed by atoms with Gasteiger partial charge in [-0.05, 0) is 20.2 Å². The number of nitrogens with zero attached hydrogens (tertiary/aromatic N) is 2. The number of benzene rings is 1. The van der Waals surface area contributed by atoms with Crippen molar-refractivity contribution in [3.05, 3.63) is 45.9 Å². The normalized spacial score (nSPS) is 12.0. The van der Waals surface area contributed by atoms with E-state index < -0.39 is 5.23 Å². The number of aromatic nitrogens is 1. The second kappa shape index (κ2) is 8.76. The first kappa shape index (κ1) is 20.1. The highest BCUT2D eigenvalue weighted by Crippen LogP contribution is 2.16. The van der Waals surface area contributed by atoms with Crippen molar-refractivity contribution in [2.24, 2.45) is 0 Å². The molecule has 1 heterocycles. The van der Waals surface area contributed by atoms with Gasteiger partial charge in [0.05, 0.1) is 5.52 Å². The number of carbonyl (C=O) groups is 1. The number of nitrogens with one attached hydrogen (secondary N) is 2. The third-order valence-corrected chi connectivity index (χ3v) is 3.43. The monoisotopic (exact) mass is 356 g/mol. The fourth-order valence-corrected chi connectivity index (χ4v) is 2.31. The highest BCUT2D eigenvalue weighted by atomic mass is 35.5. The van der Waals surface area contributed by atoms with Gasteiger partial charge in [-0.15, -0.1) is 12.4 Å². The first-order valence-electron chi connectivity index (χ1n) is 7.17. The molecule has 1 aromatic carbocycles. The molecule has 0 bridgehead atoms. The van der Waals surface area contributed by atoms with E-state index in [1.807, 2.05) is 19.0 Å². The van der Waals surface area contributed by atoms with Gasteiger partial charge >= 0.3 is 0 Å². The molecular formula is C15H21ClN4O4. The molecule has 3 N–H and O–H groups in total. The minimum Gasteiger partial charge on any atom is -0.595 e. The van der Waals surface area contributed by atoms with Crippen molar-refractivity contribution in [1.29, 1.82) is 0 Å². The Balaban J connectivity index is 0.00000288. The summed E-state index contributed by atoms with van der Waals surface area (Å²) in [6.45, 7) is 1.26. The fourth-order valence-electron chi connectivity index (χ4n) is 2.31. The van der Waals surface area contributed by atoms with Gasteiger partial charge in [0.15, 0.2) is 11.1 Å². The minimum atomic E-state index is -1.17. The van der Waals surface area contributed by atoms with Crippen molar-refractivity contribution in [3.8, 4) is 0 Å². The van der Waals surface area contributed by atoms with Crippen molar-refractivity contribution >= 4 is 34.9 Å². The van der Waals surface area contributed by atoms with Crippen LogP contribution in [0, 0.1) is 5.21 Å². The van der Waals surface area contributed by atoms with E-state index in [-0.39, 0.29) is 41.4 Å². The van der Waals surface area contributed by atoms with Crippen LogP contribution in [-0.2, 0) is 11.3 Å². The van der Waals surface area contributed by atoms with E-state index in [1.165, 1.54) is 18.3 Å². The Kier molecular flexibility index (Phi) is 7.33. The molecule has 1 amide bonds. The molecule has 0 aliphatic heterocycles. The fraction of sp³-hybridized carbons (Fsp3) is 0.333. The number of pyridine rings is 1. The lowest BCUT2D eigenvalue weighted by molar-refractivity contribution is -0.990. The first-order valence-corrected chi connectivity index (χ1v) is 7.17. The van der Waals surface area contributed by atoms with Crippen molar-refractivity contribution in [3.63, 3.8) is 0 Å². The predicted molar refractivity (Wildman–Crippen MR) is 92.8 cm³/mol. The molecule has 9 heteroatoms. The van der Waals surface area contributed by atoms with E-state index in [9.17, 15) is 20.0 Å². The number of quaternary nitrogens is 1. The van der Waals surface area contributed by atoms with Crippen molar-refractivity contribution in [2.75, 3.05) is 27.2 Å². The molecule has 0 saturated carbocycles. The lowest BCUT2D eigenvalue weighted by Crippen LogP contribution is -2.99. The molecule has 24 heavy (non-hydrogen) atoms.